The number of piperazine rings is 1. The van der Waals surface area contributed by atoms with Gasteiger partial charge in [-0.3, -0.25) is 9.80 Å². The van der Waals surface area contributed by atoms with Crippen molar-refractivity contribution in [2.24, 2.45) is 0 Å². The van der Waals surface area contributed by atoms with Crippen LogP contribution in [0.2, 0.25) is 0 Å². The van der Waals surface area contributed by atoms with Crippen LogP contribution in [0.15, 0.2) is 0 Å². The molecule has 3 fully saturated rings. The van der Waals surface area contributed by atoms with Crippen molar-refractivity contribution in [3.8, 4) is 0 Å². The first-order chi connectivity index (χ1) is 8.72. The number of thioether (sulfide) groups is 1. The van der Waals surface area contributed by atoms with Gasteiger partial charge in [0.15, 0.2) is 0 Å². The predicted octanol–water partition coefficient (Wildman–Crippen LogP) is 2.83. The van der Waals surface area contributed by atoms with E-state index in [0.717, 1.165) is 12.1 Å². The van der Waals surface area contributed by atoms with E-state index in [1.165, 1.54) is 64.7 Å². The molecule has 2 aliphatic heterocycles. The monoisotopic (exact) mass is 268 g/mol. The molecule has 3 aliphatic rings. The fourth-order valence-corrected chi connectivity index (χ4v) is 4.99. The summed E-state index contributed by atoms with van der Waals surface area (Å²) in [5, 5.41) is 0. The third-order valence-electron chi connectivity index (χ3n) is 5.51. The van der Waals surface area contributed by atoms with Crippen molar-refractivity contribution in [1.82, 2.24) is 9.80 Å². The van der Waals surface area contributed by atoms with Gasteiger partial charge in [0.1, 0.15) is 0 Å². The Hall–Kier alpha value is 0.270. The normalized spacial score (nSPS) is 37.0. The van der Waals surface area contributed by atoms with Gasteiger partial charge in [-0.15, -0.1) is 0 Å². The van der Waals surface area contributed by atoms with Crippen LogP contribution in [0.4, 0.5) is 0 Å². The Balaban J connectivity index is 1.61. The predicted molar refractivity (Wildman–Crippen MR) is 80.3 cm³/mol. The van der Waals surface area contributed by atoms with Gasteiger partial charge in [-0.2, -0.15) is 11.8 Å². The molecule has 0 N–H and O–H groups in total. The van der Waals surface area contributed by atoms with Crippen LogP contribution in [-0.2, 0) is 0 Å². The van der Waals surface area contributed by atoms with Crippen molar-refractivity contribution in [3.63, 3.8) is 0 Å². The molecule has 2 saturated heterocycles. The van der Waals surface area contributed by atoms with E-state index in [9.17, 15) is 0 Å². The quantitative estimate of drug-likeness (QED) is 0.777. The minimum Gasteiger partial charge on any atom is -0.298 e. The van der Waals surface area contributed by atoms with E-state index >= 15 is 0 Å². The second-order valence-corrected chi connectivity index (χ2v) is 7.94. The van der Waals surface area contributed by atoms with Crippen LogP contribution >= 0.6 is 11.8 Å². The molecule has 1 aliphatic carbocycles. The SMILES string of the molecule is CSC1(CN2CC3CCCCN3CC2C)CCC1. The molecule has 1 saturated carbocycles. The van der Waals surface area contributed by atoms with Crippen LogP contribution in [0, 0.1) is 0 Å². The molecule has 2 atom stereocenters. The summed E-state index contributed by atoms with van der Waals surface area (Å²) in [6.45, 7) is 7.80. The van der Waals surface area contributed by atoms with E-state index in [0.29, 0.717) is 4.75 Å². The Morgan fingerprint density at radius 2 is 2.00 bits per heavy atom. The first-order valence-corrected chi connectivity index (χ1v) is 8.98. The highest BCUT2D eigenvalue weighted by molar-refractivity contribution is 8.00. The van der Waals surface area contributed by atoms with Gasteiger partial charge in [-0.25, -0.2) is 0 Å². The zero-order valence-corrected chi connectivity index (χ0v) is 12.8. The molecule has 3 heteroatoms. The summed E-state index contributed by atoms with van der Waals surface area (Å²) in [6.07, 6.45) is 11.0. The minimum absolute atomic E-state index is 0.616. The van der Waals surface area contributed by atoms with Gasteiger partial charge in [-0.05, 0) is 45.4 Å². The molecular weight excluding hydrogens is 240 g/mol. The molecule has 104 valence electrons. The second kappa shape index (κ2) is 5.34. The van der Waals surface area contributed by atoms with Crippen LogP contribution in [0.25, 0.3) is 0 Å². The van der Waals surface area contributed by atoms with Crippen molar-refractivity contribution in [2.75, 3.05) is 32.4 Å². The van der Waals surface area contributed by atoms with E-state index in [1.807, 2.05) is 0 Å². The van der Waals surface area contributed by atoms with Gasteiger partial charge in [0.2, 0.25) is 0 Å². The lowest BCUT2D eigenvalue weighted by atomic mass is 9.83. The van der Waals surface area contributed by atoms with Crippen LogP contribution in [-0.4, -0.2) is 59.1 Å². The Bertz CT molecular complexity index is 285. The summed E-state index contributed by atoms with van der Waals surface area (Å²) in [5.74, 6) is 0. The number of hydrogen-bond acceptors (Lipinski definition) is 3. The van der Waals surface area contributed by atoms with Crippen LogP contribution < -0.4 is 0 Å². The molecule has 0 radical (unpaired) electrons. The number of fused-ring (bicyclic) bond motifs is 1. The molecule has 0 amide bonds. The highest BCUT2D eigenvalue weighted by Crippen LogP contribution is 2.44. The summed E-state index contributed by atoms with van der Waals surface area (Å²) in [4.78, 5) is 5.57. The Kier molecular flexibility index (Phi) is 3.93. The van der Waals surface area contributed by atoms with E-state index in [2.05, 4.69) is 34.7 Å². The Morgan fingerprint density at radius 3 is 2.67 bits per heavy atom. The lowest BCUT2D eigenvalue weighted by Crippen LogP contribution is -2.61. The first-order valence-electron chi connectivity index (χ1n) is 7.76. The van der Waals surface area contributed by atoms with Crippen molar-refractivity contribution in [2.45, 2.75) is 62.3 Å². The summed E-state index contributed by atoms with van der Waals surface area (Å²) in [7, 11) is 0. The average Bonchev–Trinajstić information content (AvgIpc) is 2.34. The van der Waals surface area contributed by atoms with Gasteiger partial charge in [0.05, 0.1) is 0 Å². The molecular formula is C15H28N2S. The molecule has 0 aromatic rings. The van der Waals surface area contributed by atoms with Gasteiger partial charge in [0.25, 0.3) is 0 Å². The molecule has 18 heavy (non-hydrogen) atoms. The second-order valence-electron chi connectivity index (χ2n) is 6.66. The third-order valence-corrected chi connectivity index (χ3v) is 6.91. The molecule has 2 nitrogen and oxygen atoms in total. The lowest BCUT2D eigenvalue weighted by Gasteiger charge is -2.52. The first kappa shape index (κ1) is 13.3. The highest BCUT2D eigenvalue weighted by Gasteiger charge is 2.41. The van der Waals surface area contributed by atoms with E-state index in [1.54, 1.807) is 0 Å². The van der Waals surface area contributed by atoms with Gasteiger partial charge in [-0.1, -0.05) is 12.8 Å². The summed E-state index contributed by atoms with van der Waals surface area (Å²) < 4.78 is 0.616. The molecule has 0 aromatic heterocycles. The topological polar surface area (TPSA) is 6.48 Å². The molecule has 0 aromatic carbocycles. The van der Waals surface area contributed by atoms with Crippen molar-refractivity contribution < 1.29 is 0 Å². The van der Waals surface area contributed by atoms with Crippen LogP contribution in [0.5, 0.6) is 0 Å². The van der Waals surface area contributed by atoms with E-state index in [4.69, 9.17) is 0 Å². The van der Waals surface area contributed by atoms with Crippen LogP contribution in [0.3, 0.4) is 0 Å². The maximum Gasteiger partial charge on any atom is 0.0284 e. The standard InChI is InChI=1S/C15H28N2S/c1-13-10-16-9-4-3-6-14(16)11-17(13)12-15(18-2)7-5-8-15/h13-14H,3-12H2,1-2H3. The van der Waals surface area contributed by atoms with Gasteiger partial charge >= 0.3 is 0 Å². The summed E-state index contributed by atoms with van der Waals surface area (Å²) in [5.41, 5.74) is 0. The lowest BCUT2D eigenvalue weighted by molar-refractivity contribution is 0.00568. The smallest absolute Gasteiger partial charge is 0.0284 e. The third kappa shape index (κ3) is 2.46. The maximum absolute atomic E-state index is 2.81. The molecule has 0 bridgehead atoms. The average molecular weight is 268 g/mol. The van der Waals surface area contributed by atoms with E-state index in [-0.39, 0.29) is 0 Å². The zero-order chi connectivity index (χ0) is 12.6. The van der Waals surface area contributed by atoms with E-state index < -0.39 is 0 Å². The maximum atomic E-state index is 2.81. The van der Waals surface area contributed by atoms with Gasteiger partial charge in [0, 0.05) is 36.5 Å². The minimum atomic E-state index is 0.616. The highest BCUT2D eigenvalue weighted by atomic mass is 32.2. The number of rotatable bonds is 3. The summed E-state index contributed by atoms with van der Waals surface area (Å²) in [6, 6.07) is 1.64. The zero-order valence-electron chi connectivity index (χ0n) is 12.0. The van der Waals surface area contributed by atoms with Crippen LogP contribution in [0.1, 0.15) is 45.4 Å². The van der Waals surface area contributed by atoms with Crippen molar-refractivity contribution in [1.29, 1.82) is 0 Å². The molecule has 2 heterocycles. The number of nitrogens with zero attached hydrogens (tertiary/aromatic N) is 2. The number of piperidine rings is 1. The Labute approximate surface area is 116 Å². The van der Waals surface area contributed by atoms with Crippen molar-refractivity contribution >= 4 is 11.8 Å². The Morgan fingerprint density at radius 1 is 1.17 bits per heavy atom. The van der Waals surface area contributed by atoms with Crippen molar-refractivity contribution in [3.05, 3.63) is 0 Å². The fourth-order valence-electron chi connectivity index (χ4n) is 4.00. The number of hydrogen-bond donors (Lipinski definition) is 0. The molecule has 2 unspecified atom stereocenters. The molecule has 0 spiro atoms. The summed E-state index contributed by atoms with van der Waals surface area (Å²) >= 11 is 2.13. The van der Waals surface area contributed by atoms with Gasteiger partial charge < -0.3 is 0 Å². The fraction of sp³-hybridized carbons (Fsp3) is 1.00. The molecule has 3 rings (SSSR count). The largest absolute Gasteiger partial charge is 0.298 e.